The lowest BCUT2D eigenvalue weighted by molar-refractivity contribution is -0.133. The standard InChI is InChI=1S/C29H26N4O3S/c30-21-22-10-12-24(13-11-22)28(29(34)33-18-16-32(17-19-33)26-8-2-1-3-9-26)31-37(35,36)27-15-14-23-6-4-5-7-25(23)20-27/h1-15,20,28,31H,16-19H2. The number of rotatable bonds is 6. The number of nitrogens with zero attached hydrogens (tertiary/aromatic N) is 3. The maximum Gasteiger partial charge on any atom is 0.245 e. The Balaban J connectivity index is 1.41. The van der Waals surface area contributed by atoms with Gasteiger partial charge in [0.1, 0.15) is 6.04 Å². The smallest absolute Gasteiger partial charge is 0.245 e. The van der Waals surface area contributed by atoms with Crippen molar-refractivity contribution in [3.63, 3.8) is 0 Å². The van der Waals surface area contributed by atoms with Crippen molar-refractivity contribution in [1.82, 2.24) is 9.62 Å². The Bertz CT molecular complexity index is 1560. The summed E-state index contributed by atoms with van der Waals surface area (Å²) < 4.78 is 29.6. The van der Waals surface area contributed by atoms with Crippen LogP contribution in [0.15, 0.2) is 102 Å². The number of piperazine rings is 1. The number of carbonyl (C=O) groups is 1. The maximum absolute atomic E-state index is 13.7. The second-order valence-corrected chi connectivity index (χ2v) is 10.7. The predicted molar refractivity (Wildman–Crippen MR) is 143 cm³/mol. The summed E-state index contributed by atoms with van der Waals surface area (Å²) in [5, 5.41) is 10.9. The average molecular weight is 511 g/mol. The number of hydrogen-bond donors (Lipinski definition) is 1. The summed E-state index contributed by atoms with van der Waals surface area (Å²) in [5.41, 5.74) is 2.01. The van der Waals surface area contributed by atoms with Gasteiger partial charge in [0.25, 0.3) is 0 Å². The molecule has 0 spiro atoms. The van der Waals surface area contributed by atoms with Crippen molar-refractivity contribution in [2.75, 3.05) is 31.1 Å². The zero-order valence-corrected chi connectivity index (χ0v) is 20.9. The largest absolute Gasteiger partial charge is 0.368 e. The average Bonchev–Trinajstić information content (AvgIpc) is 2.96. The van der Waals surface area contributed by atoms with Crippen LogP contribution in [0.25, 0.3) is 10.8 Å². The van der Waals surface area contributed by atoms with Crippen molar-refractivity contribution in [3.8, 4) is 6.07 Å². The van der Waals surface area contributed by atoms with Crippen LogP contribution in [0.1, 0.15) is 17.2 Å². The van der Waals surface area contributed by atoms with Crippen LogP contribution in [-0.2, 0) is 14.8 Å². The number of nitriles is 1. The molecular formula is C29H26N4O3S. The van der Waals surface area contributed by atoms with E-state index in [-0.39, 0.29) is 10.8 Å². The van der Waals surface area contributed by atoms with E-state index < -0.39 is 16.1 Å². The fourth-order valence-electron chi connectivity index (χ4n) is 4.58. The highest BCUT2D eigenvalue weighted by Crippen LogP contribution is 2.24. The van der Waals surface area contributed by atoms with E-state index in [9.17, 15) is 18.5 Å². The minimum atomic E-state index is -4.03. The zero-order chi connectivity index (χ0) is 25.8. The molecule has 1 saturated heterocycles. The molecule has 1 fully saturated rings. The molecule has 4 aromatic rings. The number of benzene rings is 4. The van der Waals surface area contributed by atoms with E-state index in [0.29, 0.717) is 37.3 Å². The van der Waals surface area contributed by atoms with Crippen LogP contribution in [0, 0.1) is 11.3 Å². The van der Waals surface area contributed by atoms with E-state index in [1.807, 2.05) is 54.6 Å². The summed E-state index contributed by atoms with van der Waals surface area (Å²) in [6.07, 6.45) is 0. The molecule has 0 radical (unpaired) electrons. The number of sulfonamides is 1. The summed E-state index contributed by atoms with van der Waals surface area (Å²) in [7, 11) is -4.03. The number of carbonyl (C=O) groups excluding carboxylic acids is 1. The van der Waals surface area contributed by atoms with Crippen molar-refractivity contribution < 1.29 is 13.2 Å². The van der Waals surface area contributed by atoms with Gasteiger partial charge in [-0.05, 0) is 52.7 Å². The Labute approximate surface area is 216 Å². The lowest BCUT2D eigenvalue weighted by atomic mass is 10.0. The molecule has 1 aliphatic heterocycles. The van der Waals surface area contributed by atoms with Gasteiger partial charge in [0.15, 0.2) is 0 Å². The van der Waals surface area contributed by atoms with Crippen molar-refractivity contribution >= 4 is 32.4 Å². The van der Waals surface area contributed by atoms with Crippen LogP contribution in [0.5, 0.6) is 0 Å². The number of amides is 1. The van der Waals surface area contributed by atoms with Crippen LogP contribution < -0.4 is 9.62 Å². The normalized spacial score (nSPS) is 14.8. The third kappa shape index (κ3) is 5.33. The molecule has 1 aliphatic rings. The first-order valence-electron chi connectivity index (χ1n) is 12.0. The third-order valence-corrected chi connectivity index (χ3v) is 8.06. The number of hydrogen-bond acceptors (Lipinski definition) is 5. The molecule has 0 aromatic heterocycles. The van der Waals surface area contributed by atoms with E-state index in [1.54, 1.807) is 47.4 Å². The van der Waals surface area contributed by atoms with E-state index in [1.165, 1.54) is 0 Å². The first-order valence-corrected chi connectivity index (χ1v) is 13.5. The lowest BCUT2D eigenvalue weighted by Gasteiger charge is -2.37. The van der Waals surface area contributed by atoms with Gasteiger partial charge >= 0.3 is 0 Å². The molecule has 1 amide bonds. The van der Waals surface area contributed by atoms with E-state index >= 15 is 0 Å². The van der Waals surface area contributed by atoms with E-state index in [4.69, 9.17) is 0 Å². The van der Waals surface area contributed by atoms with Gasteiger partial charge in [-0.25, -0.2) is 8.42 Å². The van der Waals surface area contributed by atoms with Gasteiger partial charge in [-0.3, -0.25) is 4.79 Å². The predicted octanol–water partition coefficient (Wildman–Crippen LogP) is 4.08. The second-order valence-electron chi connectivity index (χ2n) is 8.94. The Hall–Kier alpha value is -4.19. The van der Waals surface area contributed by atoms with Gasteiger partial charge in [0.2, 0.25) is 15.9 Å². The van der Waals surface area contributed by atoms with Gasteiger partial charge in [-0.2, -0.15) is 9.98 Å². The Morgan fingerprint density at radius 1 is 0.811 bits per heavy atom. The second kappa shape index (κ2) is 10.4. The van der Waals surface area contributed by atoms with Crippen molar-refractivity contribution in [3.05, 3.63) is 108 Å². The molecule has 4 aromatic carbocycles. The Morgan fingerprint density at radius 3 is 2.14 bits per heavy atom. The topological polar surface area (TPSA) is 93.5 Å². The highest BCUT2D eigenvalue weighted by Gasteiger charge is 2.32. The van der Waals surface area contributed by atoms with Crippen LogP contribution in [0.3, 0.4) is 0 Å². The molecule has 1 atom stereocenters. The molecule has 1 N–H and O–H groups in total. The molecular weight excluding hydrogens is 484 g/mol. The van der Waals surface area contributed by atoms with Gasteiger partial charge in [0.05, 0.1) is 16.5 Å². The van der Waals surface area contributed by atoms with Crippen molar-refractivity contribution in [2.45, 2.75) is 10.9 Å². The zero-order valence-electron chi connectivity index (χ0n) is 20.1. The lowest BCUT2D eigenvalue weighted by Crippen LogP contribution is -2.52. The number of para-hydroxylation sites is 1. The van der Waals surface area contributed by atoms with Gasteiger partial charge < -0.3 is 9.80 Å². The molecule has 37 heavy (non-hydrogen) atoms. The molecule has 7 nitrogen and oxygen atoms in total. The molecule has 0 saturated carbocycles. The summed E-state index contributed by atoms with van der Waals surface area (Å²) >= 11 is 0. The van der Waals surface area contributed by atoms with Crippen LogP contribution >= 0.6 is 0 Å². The minimum absolute atomic E-state index is 0.0894. The van der Waals surface area contributed by atoms with Crippen LogP contribution in [-0.4, -0.2) is 45.4 Å². The Morgan fingerprint density at radius 2 is 1.46 bits per heavy atom. The maximum atomic E-state index is 13.7. The molecule has 186 valence electrons. The summed E-state index contributed by atoms with van der Waals surface area (Å²) in [6, 6.07) is 29.8. The van der Waals surface area contributed by atoms with E-state index in [2.05, 4.69) is 15.7 Å². The molecule has 1 unspecified atom stereocenters. The van der Waals surface area contributed by atoms with Gasteiger partial charge in [0, 0.05) is 31.9 Å². The minimum Gasteiger partial charge on any atom is -0.368 e. The summed E-state index contributed by atoms with van der Waals surface area (Å²) in [5.74, 6) is -0.318. The fraction of sp³-hybridized carbons (Fsp3) is 0.172. The monoisotopic (exact) mass is 510 g/mol. The van der Waals surface area contributed by atoms with Crippen LogP contribution in [0.2, 0.25) is 0 Å². The highest BCUT2D eigenvalue weighted by molar-refractivity contribution is 7.89. The van der Waals surface area contributed by atoms with Crippen molar-refractivity contribution in [1.29, 1.82) is 5.26 Å². The van der Waals surface area contributed by atoms with Crippen LogP contribution in [0.4, 0.5) is 5.69 Å². The first-order chi connectivity index (χ1) is 17.9. The molecule has 0 bridgehead atoms. The number of anilines is 1. The molecule has 8 heteroatoms. The Kier molecular flexibility index (Phi) is 6.91. The quantitative estimate of drug-likeness (QED) is 0.422. The van der Waals surface area contributed by atoms with Crippen molar-refractivity contribution in [2.24, 2.45) is 0 Å². The summed E-state index contributed by atoms with van der Waals surface area (Å²) in [6.45, 7) is 2.23. The first kappa shape index (κ1) is 24.5. The van der Waals surface area contributed by atoms with E-state index in [0.717, 1.165) is 16.5 Å². The third-order valence-electron chi connectivity index (χ3n) is 6.64. The summed E-state index contributed by atoms with van der Waals surface area (Å²) in [4.78, 5) is 17.7. The molecule has 1 heterocycles. The van der Waals surface area contributed by atoms with Gasteiger partial charge in [-0.15, -0.1) is 0 Å². The number of nitrogens with one attached hydrogen (secondary N) is 1. The fourth-order valence-corrected chi connectivity index (χ4v) is 5.79. The molecule has 5 rings (SSSR count). The van der Waals surface area contributed by atoms with Gasteiger partial charge in [-0.1, -0.05) is 60.7 Å². The SMILES string of the molecule is N#Cc1ccc(C(NS(=O)(=O)c2ccc3ccccc3c2)C(=O)N2CCN(c3ccccc3)CC2)cc1. The highest BCUT2D eigenvalue weighted by atomic mass is 32.2. The number of fused-ring (bicyclic) bond motifs is 1. The molecule has 0 aliphatic carbocycles.